The van der Waals surface area contributed by atoms with Crippen LogP contribution in [-0.4, -0.2) is 31.4 Å². The lowest BCUT2D eigenvalue weighted by molar-refractivity contribution is -0.385. The highest BCUT2D eigenvalue weighted by Crippen LogP contribution is 2.31. The smallest absolute Gasteiger partial charge is 0.311 e. The summed E-state index contributed by atoms with van der Waals surface area (Å²) in [6, 6.07) is 4.48. The van der Waals surface area contributed by atoms with Crippen molar-refractivity contribution in [2.24, 2.45) is 0 Å². The second-order valence-electron chi connectivity index (χ2n) is 6.53. The highest BCUT2D eigenvalue weighted by Gasteiger charge is 2.24. The molecule has 132 valence electrons. The maximum absolute atomic E-state index is 12.3. The lowest BCUT2D eigenvalue weighted by Crippen LogP contribution is -2.36. The Bertz CT molecular complexity index is 875. The summed E-state index contributed by atoms with van der Waals surface area (Å²) in [4.78, 5) is 32.0. The monoisotopic (exact) mass is 344 g/mol. The number of para-hydroxylation sites is 1. The largest absolute Gasteiger partial charge is 0.502 e. The first-order valence-electron chi connectivity index (χ1n) is 8.16. The molecule has 1 aromatic carbocycles. The van der Waals surface area contributed by atoms with Crippen molar-refractivity contribution in [3.8, 4) is 5.75 Å². The molecule has 0 aliphatic carbocycles. The van der Waals surface area contributed by atoms with Gasteiger partial charge in [-0.05, 0) is 0 Å². The molecule has 2 heterocycles. The third-order valence-electron chi connectivity index (χ3n) is 4.40. The van der Waals surface area contributed by atoms with Gasteiger partial charge in [0.05, 0.1) is 16.2 Å². The summed E-state index contributed by atoms with van der Waals surface area (Å²) >= 11 is 0. The Kier molecular flexibility index (Phi) is 4.54. The molecule has 3 rings (SSSR count). The fourth-order valence-corrected chi connectivity index (χ4v) is 3.00. The minimum absolute atomic E-state index is 0.137. The fraction of sp³-hybridized carbons (Fsp3) is 0.412. The lowest BCUT2D eigenvalue weighted by Gasteiger charge is -2.28. The standard InChI is InChI=1S/C17H20N4O4/c1-10(2)16-18-13-6-7-20(9-12(13)17(23)19-16)8-11-4-3-5-14(15(11)22)21(24)25/h3-5,10,22H,6-9H2,1-2H3,(H,18,19,23). The molecular weight excluding hydrogens is 324 g/mol. The van der Waals surface area contributed by atoms with E-state index in [1.54, 1.807) is 12.1 Å². The molecular formula is C17H20N4O4. The molecule has 0 radical (unpaired) electrons. The summed E-state index contributed by atoms with van der Waals surface area (Å²) in [5, 5.41) is 21.0. The van der Waals surface area contributed by atoms with Crippen molar-refractivity contribution in [3.63, 3.8) is 0 Å². The van der Waals surface area contributed by atoms with E-state index in [4.69, 9.17) is 0 Å². The molecule has 8 heteroatoms. The highest BCUT2D eigenvalue weighted by molar-refractivity contribution is 5.50. The van der Waals surface area contributed by atoms with Crippen LogP contribution in [-0.2, 0) is 19.5 Å². The molecule has 0 amide bonds. The van der Waals surface area contributed by atoms with Gasteiger partial charge in [-0.25, -0.2) is 4.98 Å². The van der Waals surface area contributed by atoms with Crippen LogP contribution in [0.15, 0.2) is 23.0 Å². The van der Waals surface area contributed by atoms with E-state index in [1.807, 2.05) is 18.7 Å². The topological polar surface area (TPSA) is 112 Å². The number of fused-ring (bicyclic) bond motifs is 1. The molecule has 2 aromatic rings. The maximum Gasteiger partial charge on any atom is 0.311 e. The Morgan fingerprint density at radius 3 is 2.88 bits per heavy atom. The summed E-state index contributed by atoms with van der Waals surface area (Å²) in [6.07, 6.45) is 0.634. The Morgan fingerprint density at radius 1 is 1.44 bits per heavy atom. The number of rotatable bonds is 4. The highest BCUT2D eigenvalue weighted by atomic mass is 16.6. The Hall–Kier alpha value is -2.74. The Morgan fingerprint density at radius 2 is 2.20 bits per heavy atom. The zero-order valence-corrected chi connectivity index (χ0v) is 14.2. The van der Waals surface area contributed by atoms with Gasteiger partial charge < -0.3 is 10.1 Å². The SMILES string of the molecule is CC(C)c1nc2c(c(=O)[nH]1)CN(Cc1cccc([N+](=O)[O-])c1O)CC2. The van der Waals surface area contributed by atoms with Gasteiger partial charge >= 0.3 is 5.69 Å². The summed E-state index contributed by atoms with van der Waals surface area (Å²) in [6.45, 7) is 5.36. The number of H-pyrrole nitrogens is 1. The summed E-state index contributed by atoms with van der Waals surface area (Å²) in [7, 11) is 0. The zero-order valence-electron chi connectivity index (χ0n) is 14.2. The van der Waals surface area contributed by atoms with Crippen molar-refractivity contribution in [1.82, 2.24) is 14.9 Å². The minimum Gasteiger partial charge on any atom is -0.502 e. The van der Waals surface area contributed by atoms with Gasteiger partial charge in [0.2, 0.25) is 0 Å². The van der Waals surface area contributed by atoms with Crippen molar-refractivity contribution in [1.29, 1.82) is 0 Å². The molecule has 0 atom stereocenters. The van der Waals surface area contributed by atoms with E-state index in [1.165, 1.54) is 6.07 Å². The van der Waals surface area contributed by atoms with Crippen LogP contribution in [0.2, 0.25) is 0 Å². The van der Waals surface area contributed by atoms with E-state index in [2.05, 4.69) is 9.97 Å². The van der Waals surface area contributed by atoms with Gasteiger partial charge in [-0.3, -0.25) is 19.8 Å². The van der Waals surface area contributed by atoms with E-state index in [-0.39, 0.29) is 22.9 Å². The number of hydrogen-bond acceptors (Lipinski definition) is 6. The van der Waals surface area contributed by atoms with Crippen LogP contribution < -0.4 is 5.56 Å². The summed E-state index contributed by atoms with van der Waals surface area (Å²) in [5.41, 5.74) is 1.46. The number of hydrogen-bond donors (Lipinski definition) is 2. The molecule has 0 spiro atoms. The summed E-state index contributed by atoms with van der Waals surface area (Å²) < 4.78 is 0. The van der Waals surface area contributed by atoms with Gasteiger partial charge in [0, 0.05) is 43.6 Å². The zero-order chi connectivity index (χ0) is 18.1. The first-order chi connectivity index (χ1) is 11.9. The average Bonchev–Trinajstić information content (AvgIpc) is 2.56. The number of nitro groups is 1. The number of nitrogens with zero attached hydrogens (tertiary/aromatic N) is 3. The number of phenolic OH excluding ortho intramolecular Hbond substituents is 1. The molecule has 0 unspecified atom stereocenters. The number of benzene rings is 1. The van der Waals surface area contributed by atoms with Crippen LogP contribution in [0.4, 0.5) is 5.69 Å². The van der Waals surface area contributed by atoms with Gasteiger partial charge in [0.25, 0.3) is 5.56 Å². The summed E-state index contributed by atoms with van der Waals surface area (Å²) in [5.74, 6) is 0.520. The van der Waals surface area contributed by atoms with E-state index >= 15 is 0 Å². The molecule has 0 saturated heterocycles. The van der Waals surface area contributed by atoms with Gasteiger partial charge in [0.1, 0.15) is 5.82 Å². The molecule has 1 aliphatic rings. The molecule has 1 aromatic heterocycles. The van der Waals surface area contributed by atoms with Crippen molar-refractivity contribution in [2.75, 3.05) is 6.54 Å². The molecule has 0 fully saturated rings. The van der Waals surface area contributed by atoms with Crippen LogP contribution in [0, 0.1) is 10.1 Å². The predicted molar refractivity (Wildman–Crippen MR) is 91.5 cm³/mol. The van der Waals surface area contributed by atoms with E-state index < -0.39 is 4.92 Å². The number of nitro benzene ring substituents is 1. The molecule has 2 N–H and O–H groups in total. The number of aromatic amines is 1. The number of aromatic nitrogens is 2. The molecule has 1 aliphatic heterocycles. The van der Waals surface area contributed by atoms with Crippen molar-refractivity contribution < 1.29 is 10.0 Å². The van der Waals surface area contributed by atoms with Crippen molar-refractivity contribution in [2.45, 2.75) is 39.3 Å². The van der Waals surface area contributed by atoms with Crippen LogP contribution in [0.5, 0.6) is 5.75 Å². The predicted octanol–water partition coefficient (Wildman–Crippen LogP) is 2.07. The van der Waals surface area contributed by atoms with E-state index in [9.17, 15) is 20.0 Å². The number of aromatic hydroxyl groups is 1. The quantitative estimate of drug-likeness (QED) is 0.648. The second kappa shape index (κ2) is 6.64. The van der Waals surface area contributed by atoms with Gasteiger partial charge in [-0.15, -0.1) is 0 Å². The van der Waals surface area contributed by atoms with E-state index in [0.29, 0.717) is 43.0 Å². The van der Waals surface area contributed by atoms with Gasteiger partial charge in [0.15, 0.2) is 5.75 Å². The van der Waals surface area contributed by atoms with Gasteiger partial charge in [-0.1, -0.05) is 26.0 Å². The maximum atomic E-state index is 12.3. The Labute approximate surface area is 144 Å². The van der Waals surface area contributed by atoms with Crippen LogP contribution in [0.1, 0.15) is 42.4 Å². The Balaban J connectivity index is 1.84. The lowest BCUT2D eigenvalue weighted by atomic mass is 10.0. The van der Waals surface area contributed by atoms with Crippen molar-refractivity contribution in [3.05, 3.63) is 61.3 Å². The first kappa shape index (κ1) is 17.1. The van der Waals surface area contributed by atoms with Crippen LogP contribution in [0.25, 0.3) is 0 Å². The van der Waals surface area contributed by atoms with Crippen LogP contribution in [0.3, 0.4) is 0 Å². The van der Waals surface area contributed by atoms with Gasteiger partial charge in [-0.2, -0.15) is 0 Å². The molecule has 0 bridgehead atoms. The number of phenols is 1. The first-order valence-corrected chi connectivity index (χ1v) is 8.16. The average molecular weight is 344 g/mol. The minimum atomic E-state index is -0.605. The molecule has 8 nitrogen and oxygen atoms in total. The number of nitrogens with one attached hydrogen (secondary N) is 1. The second-order valence-corrected chi connectivity index (χ2v) is 6.53. The molecule has 25 heavy (non-hydrogen) atoms. The third kappa shape index (κ3) is 3.39. The van der Waals surface area contributed by atoms with Crippen molar-refractivity contribution >= 4 is 5.69 Å². The normalized spacial score (nSPS) is 14.5. The van der Waals surface area contributed by atoms with Crippen LogP contribution >= 0.6 is 0 Å². The third-order valence-corrected chi connectivity index (χ3v) is 4.40. The van der Waals surface area contributed by atoms with E-state index in [0.717, 1.165) is 5.69 Å². The molecule has 0 saturated carbocycles. The fourth-order valence-electron chi connectivity index (χ4n) is 3.00.